The van der Waals surface area contributed by atoms with Crippen LogP contribution in [0.1, 0.15) is 46.0 Å². The number of nitrogens with zero attached hydrogens (tertiary/aromatic N) is 2. The summed E-state index contributed by atoms with van der Waals surface area (Å²) in [6, 6.07) is 12.7. The quantitative estimate of drug-likeness (QED) is 0.746. The van der Waals surface area contributed by atoms with Crippen LogP contribution in [-0.4, -0.2) is 18.6 Å². The highest BCUT2D eigenvalue weighted by atomic mass is 15.1. The fourth-order valence-corrected chi connectivity index (χ4v) is 2.25. The number of nitriles is 1. The molecular weight excluding hydrogens is 246 g/mol. The van der Waals surface area contributed by atoms with Crippen molar-refractivity contribution in [3.63, 3.8) is 0 Å². The van der Waals surface area contributed by atoms with Crippen molar-refractivity contribution in [1.82, 2.24) is 0 Å². The topological polar surface area (TPSA) is 53.0 Å². The highest BCUT2D eigenvalue weighted by Gasteiger charge is 2.21. The molecule has 0 aromatic heterocycles. The fourth-order valence-electron chi connectivity index (χ4n) is 2.25. The molecule has 1 aromatic carbocycles. The summed E-state index contributed by atoms with van der Waals surface area (Å²) in [6.45, 7) is 6.22. The number of hydrogen-bond acceptors (Lipinski definition) is 3. The van der Waals surface area contributed by atoms with Gasteiger partial charge in [0.15, 0.2) is 0 Å². The number of rotatable bonds is 9. The predicted molar refractivity (Wildman–Crippen MR) is 85.6 cm³/mol. The van der Waals surface area contributed by atoms with Crippen LogP contribution in [0.15, 0.2) is 30.3 Å². The van der Waals surface area contributed by atoms with Gasteiger partial charge >= 0.3 is 0 Å². The summed E-state index contributed by atoms with van der Waals surface area (Å²) in [5, 5.41) is 9.12. The largest absolute Gasteiger partial charge is 0.372 e. The standard InChI is InChI=1S/C17H27N3/c1-3-5-13-20(16-10-7-6-8-11-16)14-9-12-17(19,4-2)15-18/h6-8,10-11H,3-5,9,12-14,19H2,1-2H3. The lowest BCUT2D eigenvalue weighted by Gasteiger charge is -2.27. The Bertz CT molecular complexity index is 410. The van der Waals surface area contributed by atoms with Gasteiger partial charge in [0.1, 0.15) is 5.54 Å². The number of benzene rings is 1. The first-order valence-electron chi connectivity index (χ1n) is 7.65. The Morgan fingerprint density at radius 2 is 1.80 bits per heavy atom. The average Bonchev–Trinajstić information content (AvgIpc) is 2.51. The minimum atomic E-state index is -0.660. The molecule has 0 fully saturated rings. The molecule has 1 unspecified atom stereocenters. The number of para-hydroxylation sites is 1. The second-order valence-corrected chi connectivity index (χ2v) is 5.40. The Kier molecular flexibility index (Phi) is 7.11. The molecule has 0 saturated heterocycles. The van der Waals surface area contributed by atoms with E-state index in [1.807, 2.05) is 13.0 Å². The zero-order valence-electron chi connectivity index (χ0n) is 12.8. The molecule has 1 rings (SSSR count). The van der Waals surface area contributed by atoms with Gasteiger partial charge in [-0.1, -0.05) is 38.5 Å². The Balaban J connectivity index is 2.56. The first kappa shape index (κ1) is 16.5. The van der Waals surface area contributed by atoms with Crippen molar-refractivity contribution in [2.24, 2.45) is 5.73 Å². The van der Waals surface area contributed by atoms with Crippen LogP contribution >= 0.6 is 0 Å². The molecule has 1 aromatic rings. The zero-order valence-corrected chi connectivity index (χ0v) is 12.8. The molecule has 0 aliphatic heterocycles. The minimum Gasteiger partial charge on any atom is -0.372 e. The summed E-state index contributed by atoms with van der Waals surface area (Å²) in [4.78, 5) is 2.40. The van der Waals surface area contributed by atoms with Crippen molar-refractivity contribution in [2.45, 2.75) is 51.5 Å². The van der Waals surface area contributed by atoms with Gasteiger partial charge in [-0.2, -0.15) is 5.26 Å². The molecule has 2 N–H and O–H groups in total. The van der Waals surface area contributed by atoms with Crippen molar-refractivity contribution in [3.8, 4) is 6.07 Å². The van der Waals surface area contributed by atoms with Gasteiger partial charge in [-0.15, -0.1) is 0 Å². The molecule has 0 spiro atoms. The Morgan fingerprint density at radius 3 is 2.35 bits per heavy atom. The van der Waals surface area contributed by atoms with E-state index in [0.717, 1.165) is 25.9 Å². The fraction of sp³-hybridized carbons (Fsp3) is 0.588. The highest BCUT2D eigenvalue weighted by molar-refractivity contribution is 5.45. The van der Waals surface area contributed by atoms with E-state index in [9.17, 15) is 0 Å². The second-order valence-electron chi connectivity index (χ2n) is 5.40. The molecule has 3 nitrogen and oxygen atoms in total. The number of nitrogens with two attached hydrogens (primary N) is 1. The van der Waals surface area contributed by atoms with E-state index in [0.29, 0.717) is 6.42 Å². The maximum Gasteiger partial charge on any atom is 0.104 e. The summed E-state index contributed by atoms with van der Waals surface area (Å²) in [7, 11) is 0. The lowest BCUT2D eigenvalue weighted by Crippen LogP contribution is -2.38. The smallest absolute Gasteiger partial charge is 0.104 e. The lowest BCUT2D eigenvalue weighted by molar-refractivity contribution is 0.463. The molecule has 20 heavy (non-hydrogen) atoms. The van der Waals surface area contributed by atoms with Gasteiger partial charge in [-0.3, -0.25) is 0 Å². The van der Waals surface area contributed by atoms with Crippen LogP contribution in [0.2, 0.25) is 0 Å². The van der Waals surface area contributed by atoms with E-state index >= 15 is 0 Å². The van der Waals surface area contributed by atoms with Crippen LogP contribution in [0.5, 0.6) is 0 Å². The molecule has 1 atom stereocenters. The molecule has 0 bridgehead atoms. The first-order valence-corrected chi connectivity index (χ1v) is 7.65. The minimum absolute atomic E-state index is 0.660. The Labute approximate surface area is 123 Å². The van der Waals surface area contributed by atoms with Gasteiger partial charge < -0.3 is 10.6 Å². The highest BCUT2D eigenvalue weighted by Crippen LogP contribution is 2.18. The van der Waals surface area contributed by atoms with Crippen molar-refractivity contribution in [1.29, 1.82) is 5.26 Å². The number of unbranched alkanes of at least 4 members (excludes halogenated alkanes) is 1. The van der Waals surface area contributed by atoms with E-state index in [2.05, 4.69) is 42.2 Å². The van der Waals surface area contributed by atoms with Crippen LogP contribution in [-0.2, 0) is 0 Å². The molecule has 0 radical (unpaired) electrons. The van der Waals surface area contributed by atoms with E-state index in [1.165, 1.54) is 18.5 Å². The molecule has 0 saturated carbocycles. The van der Waals surface area contributed by atoms with Gasteiger partial charge in [0.25, 0.3) is 0 Å². The molecule has 0 aliphatic rings. The predicted octanol–water partition coefficient (Wildman–Crippen LogP) is 3.70. The monoisotopic (exact) mass is 273 g/mol. The maximum absolute atomic E-state index is 9.12. The Morgan fingerprint density at radius 1 is 1.15 bits per heavy atom. The molecule has 0 heterocycles. The van der Waals surface area contributed by atoms with Gasteiger partial charge in [-0.05, 0) is 37.8 Å². The van der Waals surface area contributed by atoms with Crippen molar-refractivity contribution < 1.29 is 0 Å². The molecule has 3 heteroatoms. The van der Waals surface area contributed by atoms with Crippen LogP contribution in [0.3, 0.4) is 0 Å². The summed E-state index contributed by atoms with van der Waals surface area (Å²) in [5.41, 5.74) is 6.64. The molecule has 0 aliphatic carbocycles. The number of hydrogen-bond donors (Lipinski definition) is 1. The van der Waals surface area contributed by atoms with E-state index in [1.54, 1.807) is 0 Å². The van der Waals surface area contributed by atoms with Crippen molar-refractivity contribution in [3.05, 3.63) is 30.3 Å². The van der Waals surface area contributed by atoms with Crippen LogP contribution in [0.25, 0.3) is 0 Å². The number of anilines is 1. The third-order valence-corrected chi connectivity index (χ3v) is 3.81. The third-order valence-electron chi connectivity index (χ3n) is 3.81. The summed E-state index contributed by atoms with van der Waals surface area (Å²) in [6.07, 6.45) is 4.81. The average molecular weight is 273 g/mol. The third kappa shape index (κ3) is 5.22. The van der Waals surface area contributed by atoms with Gasteiger partial charge in [0.05, 0.1) is 6.07 Å². The van der Waals surface area contributed by atoms with Crippen molar-refractivity contribution >= 4 is 5.69 Å². The molecule has 0 amide bonds. The van der Waals surface area contributed by atoms with E-state index in [4.69, 9.17) is 11.0 Å². The van der Waals surface area contributed by atoms with Crippen LogP contribution in [0.4, 0.5) is 5.69 Å². The SMILES string of the molecule is CCCCN(CCCC(N)(C#N)CC)c1ccccc1. The summed E-state index contributed by atoms with van der Waals surface area (Å²) < 4.78 is 0. The van der Waals surface area contributed by atoms with Gasteiger partial charge in [0.2, 0.25) is 0 Å². The summed E-state index contributed by atoms with van der Waals surface area (Å²) >= 11 is 0. The van der Waals surface area contributed by atoms with Crippen molar-refractivity contribution in [2.75, 3.05) is 18.0 Å². The molecular formula is C17H27N3. The van der Waals surface area contributed by atoms with E-state index < -0.39 is 5.54 Å². The summed E-state index contributed by atoms with van der Waals surface area (Å²) in [5.74, 6) is 0. The first-order chi connectivity index (χ1) is 9.65. The Hall–Kier alpha value is -1.53. The van der Waals surface area contributed by atoms with Gasteiger partial charge in [-0.25, -0.2) is 0 Å². The maximum atomic E-state index is 9.12. The van der Waals surface area contributed by atoms with Crippen LogP contribution < -0.4 is 10.6 Å². The van der Waals surface area contributed by atoms with Gasteiger partial charge in [0, 0.05) is 18.8 Å². The normalized spacial score (nSPS) is 13.5. The lowest BCUT2D eigenvalue weighted by atomic mass is 9.93. The van der Waals surface area contributed by atoms with Crippen LogP contribution in [0, 0.1) is 11.3 Å². The molecule has 110 valence electrons. The second kappa shape index (κ2) is 8.60. The van der Waals surface area contributed by atoms with E-state index in [-0.39, 0.29) is 0 Å². The zero-order chi connectivity index (χ0) is 14.8.